The fourth-order valence-electron chi connectivity index (χ4n) is 6.05. The van der Waals surface area contributed by atoms with Gasteiger partial charge in [0.2, 0.25) is 0 Å². The maximum absolute atomic E-state index is 14.3. The second kappa shape index (κ2) is 9.50. The number of carboxylic acids is 1. The lowest BCUT2D eigenvalue weighted by molar-refractivity contribution is -0.198. The first kappa shape index (κ1) is 25.6. The summed E-state index contributed by atoms with van der Waals surface area (Å²) in [6.45, 7) is 6.66. The van der Waals surface area contributed by atoms with Crippen molar-refractivity contribution in [2.45, 2.75) is 57.3 Å². The maximum Gasteiger partial charge on any atom is 0.329 e. The summed E-state index contributed by atoms with van der Waals surface area (Å²) in [6, 6.07) is 21.3. The number of rotatable bonds is 7. The molecule has 6 rings (SSSR count). The SMILES string of the molecule is Cc1cc(-n2c3c(c4c(OCc5ccccc5)cccc42)[C@]2(C[C@@H](OCC(=O)O)C2)OCC3(C)C)ccc1F. The molecular weight excluding hydrogens is 497 g/mol. The number of aliphatic carboxylic acids is 1. The first-order valence-electron chi connectivity index (χ1n) is 13.3. The van der Waals surface area contributed by atoms with Crippen LogP contribution in [0, 0.1) is 12.7 Å². The standard InChI is InChI=1S/C32H32FNO5/c1-20-14-22(12-13-24(20)33)34-25-10-7-11-26(38-17-21-8-5-4-6-9-21)28(25)29-30(34)31(2,3)19-39-32(29)15-23(16-32)37-18-27(35)36/h4-14,23H,15-19H2,1-3H3,(H,35,36)/t23-,32-. The molecule has 2 heterocycles. The summed E-state index contributed by atoms with van der Waals surface area (Å²) in [6.07, 6.45) is 0.898. The van der Waals surface area contributed by atoms with Crippen LogP contribution < -0.4 is 4.74 Å². The summed E-state index contributed by atoms with van der Waals surface area (Å²) >= 11 is 0. The first-order valence-corrected chi connectivity index (χ1v) is 13.3. The predicted octanol–water partition coefficient (Wildman–Crippen LogP) is 6.42. The smallest absolute Gasteiger partial charge is 0.329 e. The molecule has 1 aliphatic heterocycles. The minimum atomic E-state index is -0.984. The van der Waals surface area contributed by atoms with E-state index in [2.05, 4.69) is 24.5 Å². The minimum absolute atomic E-state index is 0.209. The number of aryl methyl sites for hydroxylation is 1. The van der Waals surface area contributed by atoms with Crippen molar-refractivity contribution in [3.8, 4) is 11.4 Å². The molecule has 0 unspecified atom stereocenters. The summed E-state index contributed by atoms with van der Waals surface area (Å²) in [7, 11) is 0. The van der Waals surface area contributed by atoms with E-state index < -0.39 is 11.6 Å². The highest BCUT2D eigenvalue weighted by Crippen LogP contribution is 2.57. The summed E-state index contributed by atoms with van der Waals surface area (Å²) in [5, 5.41) is 10.1. The Morgan fingerprint density at radius 3 is 2.59 bits per heavy atom. The molecule has 0 radical (unpaired) electrons. The van der Waals surface area contributed by atoms with Crippen molar-refractivity contribution < 1.29 is 28.5 Å². The van der Waals surface area contributed by atoms with E-state index in [-0.39, 0.29) is 23.9 Å². The van der Waals surface area contributed by atoms with Gasteiger partial charge in [0.15, 0.2) is 0 Å². The third-order valence-electron chi connectivity index (χ3n) is 7.96. The molecule has 0 amide bonds. The topological polar surface area (TPSA) is 69.9 Å². The Labute approximate surface area is 226 Å². The van der Waals surface area contributed by atoms with Crippen LogP contribution in [0.4, 0.5) is 4.39 Å². The highest BCUT2D eigenvalue weighted by molar-refractivity contribution is 5.94. The third-order valence-corrected chi connectivity index (χ3v) is 7.96. The van der Waals surface area contributed by atoms with Crippen molar-refractivity contribution in [1.29, 1.82) is 0 Å². The van der Waals surface area contributed by atoms with Crippen molar-refractivity contribution in [3.05, 3.63) is 94.9 Å². The van der Waals surface area contributed by atoms with Crippen LogP contribution in [-0.2, 0) is 31.9 Å². The molecule has 1 spiro atoms. The number of aromatic nitrogens is 1. The molecule has 7 heteroatoms. The van der Waals surface area contributed by atoms with Crippen LogP contribution >= 0.6 is 0 Å². The van der Waals surface area contributed by atoms with Crippen molar-refractivity contribution in [1.82, 2.24) is 4.57 Å². The first-order chi connectivity index (χ1) is 18.7. The van der Waals surface area contributed by atoms with Gasteiger partial charge in [-0.05, 0) is 48.4 Å². The van der Waals surface area contributed by atoms with E-state index >= 15 is 0 Å². The quantitative estimate of drug-likeness (QED) is 0.299. The van der Waals surface area contributed by atoms with Gasteiger partial charge in [-0.1, -0.05) is 50.2 Å². The molecular formula is C32H32FNO5. The Morgan fingerprint density at radius 1 is 1.10 bits per heavy atom. The molecule has 4 aromatic rings. The van der Waals surface area contributed by atoms with Crippen LogP contribution in [0.3, 0.4) is 0 Å². The number of nitrogens with zero attached hydrogens (tertiary/aromatic N) is 1. The van der Waals surface area contributed by atoms with Gasteiger partial charge in [0.25, 0.3) is 0 Å². The molecule has 0 bridgehead atoms. The zero-order chi connectivity index (χ0) is 27.4. The normalized spacial score (nSPS) is 21.5. The zero-order valence-electron chi connectivity index (χ0n) is 22.4. The van der Waals surface area contributed by atoms with Gasteiger partial charge in [-0.15, -0.1) is 0 Å². The van der Waals surface area contributed by atoms with Crippen molar-refractivity contribution >= 4 is 16.9 Å². The van der Waals surface area contributed by atoms with Gasteiger partial charge < -0.3 is 23.9 Å². The molecule has 0 atom stereocenters. The van der Waals surface area contributed by atoms with Crippen molar-refractivity contribution in [3.63, 3.8) is 0 Å². The van der Waals surface area contributed by atoms with E-state index in [0.717, 1.165) is 39.2 Å². The lowest BCUT2D eigenvalue weighted by atomic mass is 9.67. The molecule has 0 saturated heterocycles. The van der Waals surface area contributed by atoms with Crippen LogP contribution in [-0.4, -0.2) is 35.0 Å². The molecule has 1 aromatic heterocycles. The minimum Gasteiger partial charge on any atom is -0.488 e. The van der Waals surface area contributed by atoms with Gasteiger partial charge in [-0.2, -0.15) is 0 Å². The van der Waals surface area contributed by atoms with Crippen LogP contribution in [0.25, 0.3) is 16.6 Å². The van der Waals surface area contributed by atoms with Crippen LogP contribution in [0.5, 0.6) is 5.75 Å². The van der Waals surface area contributed by atoms with Gasteiger partial charge in [-0.25, -0.2) is 9.18 Å². The van der Waals surface area contributed by atoms with E-state index in [0.29, 0.717) is 31.6 Å². The number of carbonyl (C=O) groups is 1. The van der Waals surface area contributed by atoms with Gasteiger partial charge >= 0.3 is 5.97 Å². The Balaban J connectivity index is 1.55. The average Bonchev–Trinajstić information content (AvgIpc) is 3.26. The molecule has 1 saturated carbocycles. The Kier molecular flexibility index (Phi) is 6.24. The molecule has 6 nitrogen and oxygen atoms in total. The monoisotopic (exact) mass is 529 g/mol. The van der Waals surface area contributed by atoms with Gasteiger partial charge in [0, 0.05) is 40.6 Å². The largest absolute Gasteiger partial charge is 0.488 e. The number of hydrogen-bond donors (Lipinski definition) is 1. The van der Waals surface area contributed by atoms with Crippen LogP contribution in [0.1, 0.15) is 49.1 Å². The second-order valence-electron chi connectivity index (χ2n) is 11.3. The van der Waals surface area contributed by atoms with E-state index in [1.54, 1.807) is 6.92 Å². The Hall–Kier alpha value is -3.68. The highest BCUT2D eigenvalue weighted by Gasteiger charge is 2.56. The zero-order valence-corrected chi connectivity index (χ0v) is 22.4. The van der Waals surface area contributed by atoms with Crippen molar-refractivity contribution in [2.75, 3.05) is 13.2 Å². The fraction of sp³-hybridized carbons (Fsp3) is 0.344. The van der Waals surface area contributed by atoms with E-state index in [4.69, 9.17) is 19.3 Å². The van der Waals surface area contributed by atoms with E-state index in [1.807, 2.05) is 54.6 Å². The summed E-state index contributed by atoms with van der Waals surface area (Å²) in [5.74, 6) is -0.476. The van der Waals surface area contributed by atoms with Crippen LogP contribution in [0.2, 0.25) is 0 Å². The summed E-state index contributed by atoms with van der Waals surface area (Å²) in [4.78, 5) is 11.1. The molecule has 1 fully saturated rings. The third kappa shape index (κ3) is 4.39. The van der Waals surface area contributed by atoms with E-state index in [9.17, 15) is 9.18 Å². The lowest BCUT2D eigenvalue weighted by Gasteiger charge is -2.52. The van der Waals surface area contributed by atoms with Crippen LogP contribution in [0.15, 0.2) is 66.7 Å². The molecule has 3 aromatic carbocycles. The number of benzene rings is 3. The molecule has 2 aliphatic rings. The predicted molar refractivity (Wildman–Crippen MR) is 146 cm³/mol. The van der Waals surface area contributed by atoms with E-state index in [1.165, 1.54) is 6.07 Å². The Morgan fingerprint density at radius 2 is 1.87 bits per heavy atom. The fourth-order valence-corrected chi connectivity index (χ4v) is 6.05. The highest BCUT2D eigenvalue weighted by atomic mass is 19.1. The molecule has 1 N–H and O–H groups in total. The van der Waals surface area contributed by atoms with Gasteiger partial charge in [0.05, 0.1) is 18.2 Å². The summed E-state index contributed by atoms with van der Waals surface area (Å²) < 4.78 is 35.3. The van der Waals surface area contributed by atoms with Gasteiger partial charge in [-0.3, -0.25) is 0 Å². The second-order valence-corrected chi connectivity index (χ2v) is 11.3. The molecule has 1 aliphatic carbocycles. The molecule has 39 heavy (non-hydrogen) atoms. The number of halogens is 1. The lowest BCUT2D eigenvalue weighted by Crippen LogP contribution is -2.54. The molecule has 202 valence electrons. The number of hydrogen-bond acceptors (Lipinski definition) is 4. The van der Waals surface area contributed by atoms with Gasteiger partial charge in [0.1, 0.15) is 30.4 Å². The number of carboxylic acid groups (broad SMARTS) is 1. The average molecular weight is 530 g/mol. The number of fused-ring (bicyclic) bond motifs is 4. The summed E-state index contributed by atoms with van der Waals surface area (Å²) in [5.41, 5.74) is 4.65. The maximum atomic E-state index is 14.3. The number of ether oxygens (including phenoxy) is 3. The van der Waals surface area contributed by atoms with Crippen molar-refractivity contribution in [2.24, 2.45) is 0 Å². The Bertz CT molecular complexity index is 1550.